The summed E-state index contributed by atoms with van der Waals surface area (Å²) < 4.78 is 0. The Kier molecular flexibility index (Phi) is 11.2. The Morgan fingerprint density at radius 2 is 0.931 bits per heavy atom. The summed E-state index contributed by atoms with van der Waals surface area (Å²) >= 11 is 1.48. The monoisotopic (exact) mass is 434 g/mol. The van der Waals surface area contributed by atoms with E-state index in [9.17, 15) is 9.59 Å². The minimum absolute atomic E-state index is 0.0754. The van der Waals surface area contributed by atoms with Gasteiger partial charge < -0.3 is 0 Å². The van der Waals surface area contributed by atoms with Gasteiger partial charge in [0.15, 0.2) is 0 Å². The lowest BCUT2D eigenvalue weighted by atomic mass is 9.84. The zero-order chi connectivity index (χ0) is 22.9. The zero-order valence-corrected chi connectivity index (χ0v) is 20.9. The van der Waals surface area contributed by atoms with Crippen molar-refractivity contribution in [1.29, 1.82) is 0 Å². The van der Waals surface area contributed by atoms with Gasteiger partial charge in [-0.05, 0) is 51.4 Å². The van der Waals surface area contributed by atoms with Gasteiger partial charge >= 0.3 is 11.9 Å². The molecule has 0 aromatic rings. The summed E-state index contributed by atoms with van der Waals surface area (Å²) in [4.78, 5) is 44.1. The highest BCUT2D eigenvalue weighted by Gasteiger charge is 2.29. The highest BCUT2D eigenvalue weighted by molar-refractivity contribution is 7.99. The molecule has 172 valence electrons. The van der Waals surface area contributed by atoms with Gasteiger partial charge in [-0.2, -0.15) is 21.5 Å². The van der Waals surface area contributed by atoms with Crippen LogP contribution in [-0.2, 0) is 29.1 Å². The van der Waals surface area contributed by atoms with Crippen molar-refractivity contribution in [2.75, 3.05) is 11.5 Å². The average Bonchev–Trinajstić information content (AvgIpc) is 2.46. The summed E-state index contributed by atoms with van der Waals surface area (Å²) in [6.07, 6.45) is 1.97. The van der Waals surface area contributed by atoms with Gasteiger partial charge in [0.05, 0.1) is 12.8 Å². The van der Waals surface area contributed by atoms with Gasteiger partial charge in [-0.25, -0.2) is 9.59 Å². The van der Waals surface area contributed by atoms with Crippen molar-refractivity contribution in [2.24, 2.45) is 10.8 Å². The van der Waals surface area contributed by atoms with Crippen LogP contribution < -0.4 is 0 Å². The largest absolute Gasteiger partial charge is 0.343 e. The zero-order valence-electron chi connectivity index (χ0n) is 20.1. The molecule has 0 atom stereocenters. The van der Waals surface area contributed by atoms with Crippen molar-refractivity contribution in [3.63, 3.8) is 0 Å². The molecule has 29 heavy (non-hydrogen) atoms. The van der Waals surface area contributed by atoms with Crippen LogP contribution in [0.1, 0.15) is 94.9 Å². The number of carbonyl (C=O) groups excluding carboxylic acids is 2. The molecular weight excluding hydrogens is 392 g/mol. The second-order valence-electron chi connectivity index (χ2n) is 11.2. The summed E-state index contributed by atoms with van der Waals surface area (Å²) in [7, 11) is 0. The molecule has 0 spiro atoms. The first kappa shape index (κ1) is 28.2. The van der Waals surface area contributed by atoms with E-state index in [4.69, 9.17) is 19.6 Å². The third-order valence-corrected chi connectivity index (χ3v) is 4.52. The molecular formula is C22H42O6S. The summed E-state index contributed by atoms with van der Waals surface area (Å²) in [6.45, 7) is 20.3. The Balaban J connectivity index is 3.93. The standard InChI is InChI=1S/C22H42O6S/c1-19(2,3)15-21(7,8)27-25-17(23)11-13-29-14-12-18(24)26-28-22(9,10)16-20(4,5)6/h11-16H2,1-10H3. The predicted octanol–water partition coefficient (Wildman–Crippen LogP) is 5.88. The van der Waals surface area contributed by atoms with Crippen molar-refractivity contribution < 1.29 is 29.1 Å². The Hall–Kier alpha value is -0.790. The third-order valence-electron chi connectivity index (χ3n) is 3.53. The van der Waals surface area contributed by atoms with Gasteiger partial charge in [0.25, 0.3) is 0 Å². The smallest absolute Gasteiger partial charge is 0.298 e. The van der Waals surface area contributed by atoms with E-state index in [2.05, 4.69) is 41.5 Å². The quantitative estimate of drug-likeness (QED) is 0.216. The van der Waals surface area contributed by atoms with E-state index >= 15 is 0 Å². The Morgan fingerprint density at radius 3 is 1.21 bits per heavy atom. The van der Waals surface area contributed by atoms with Crippen molar-refractivity contribution in [3.05, 3.63) is 0 Å². The molecule has 0 fully saturated rings. The second-order valence-corrected chi connectivity index (χ2v) is 12.4. The molecule has 0 rings (SSSR count). The van der Waals surface area contributed by atoms with Crippen LogP contribution in [0.5, 0.6) is 0 Å². The Morgan fingerprint density at radius 1 is 0.621 bits per heavy atom. The lowest BCUT2D eigenvalue weighted by Gasteiger charge is -2.30. The van der Waals surface area contributed by atoms with Crippen molar-refractivity contribution in [1.82, 2.24) is 0 Å². The molecule has 0 aliphatic heterocycles. The van der Waals surface area contributed by atoms with Crippen LogP contribution in [0.3, 0.4) is 0 Å². The van der Waals surface area contributed by atoms with Crippen LogP contribution in [-0.4, -0.2) is 34.6 Å². The van der Waals surface area contributed by atoms with Gasteiger partial charge in [0.2, 0.25) is 0 Å². The van der Waals surface area contributed by atoms with Crippen LogP contribution >= 0.6 is 11.8 Å². The predicted molar refractivity (Wildman–Crippen MR) is 117 cm³/mol. The van der Waals surface area contributed by atoms with Crippen molar-refractivity contribution in [3.8, 4) is 0 Å². The van der Waals surface area contributed by atoms with Gasteiger partial charge in [-0.1, -0.05) is 41.5 Å². The minimum Gasteiger partial charge on any atom is -0.298 e. The summed E-state index contributed by atoms with van der Waals surface area (Å²) in [5, 5.41) is 0. The summed E-state index contributed by atoms with van der Waals surface area (Å²) in [6, 6.07) is 0. The Bertz CT molecular complexity index is 468. The van der Waals surface area contributed by atoms with E-state index in [1.807, 2.05) is 27.7 Å². The second kappa shape index (κ2) is 11.6. The van der Waals surface area contributed by atoms with E-state index < -0.39 is 23.1 Å². The van der Waals surface area contributed by atoms with Crippen molar-refractivity contribution in [2.45, 2.75) is 106 Å². The normalized spacial score (nSPS) is 13.3. The van der Waals surface area contributed by atoms with Crippen LogP contribution in [0, 0.1) is 10.8 Å². The topological polar surface area (TPSA) is 71.1 Å². The average molecular weight is 435 g/mol. The molecule has 7 heteroatoms. The number of hydrogen-bond donors (Lipinski definition) is 0. The van der Waals surface area contributed by atoms with Crippen LogP contribution in [0.2, 0.25) is 0 Å². The fourth-order valence-corrected chi connectivity index (χ4v) is 4.25. The fraction of sp³-hybridized carbons (Fsp3) is 0.909. The highest BCUT2D eigenvalue weighted by atomic mass is 32.2. The van der Waals surface area contributed by atoms with Crippen molar-refractivity contribution >= 4 is 23.7 Å². The molecule has 0 aromatic carbocycles. The van der Waals surface area contributed by atoms with E-state index in [1.165, 1.54) is 11.8 Å². The molecule has 0 saturated heterocycles. The molecule has 0 aliphatic rings. The van der Waals surface area contributed by atoms with Gasteiger partial charge in [-0.3, -0.25) is 9.78 Å². The van der Waals surface area contributed by atoms with Gasteiger partial charge in [0.1, 0.15) is 11.2 Å². The molecule has 0 unspecified atom stereocenters. The maximum Gasteiger partial charge on any atom is 0.343 e. The molecule has 0 amide bonds. The molecule has 0 aliphatic carbocycles. The van der Waals surface area contributed by atoms with Crippen LogP contribution in [0.4, 0.5) is 0 Å². The summed E-state index contributed by atoms with van der Waals surface area (Å²) in [5.41, 5.74) is -0.921. The van der Waals surface area contributed by atoms with E-state index in [1.54, 1.807) is 0 Å². The lowest BCUT2D eigenvalue weighted by molar-refractivity contribution is -0.329. The Labute approximate surface area is 181 Å². The highest BCUT2D eigenvalue weighted by Crippen LogP contribution is 2.30. The first-order chi connectivity index (χ1) is 12.9. The van der Waals surface area contributed by atoms with Crippen LogP contribution in [0.25, 0.3) is 0 Å². The number of rotatable bonds is 12. The van der Waals surface area contributed by atoms with E-state index in [-0.39, 0.29) is 23.7 Å². The number of hydrogen-bond acceptors (Lipinski definition) is 7. The number of thioether (sulfide) groups is 1. The molecule has 0 N–H and O–H groups in total. The lowest BCUT2D eigenvalue weighted by Crippen LogP contribution is -2.31. The third kappa shape index (κ3) is 17.8. The first-order valence-corrected chi connectivity index (χ1v) is 11.4. The molecule has 0 heterocycles. The molecule has 0 bridgehead atoms. The minimum atomic E-state index is -0.536. The number of carbonyl (C=O) groups is 2. The molecule has 6 nitrogen and oxygen atoms in total. The summed E-state index contributed by atoms with van der Waals surface area (Å²) in [5.74, 6) is 0.278. The fourth-order valence-electron chi connectivity index (χ4n) is 3.43. The maximum absolute atomic E-state index is 11.8. The van der Waals surface area contributed by atoms with Gasteiger partial charge in [-0.15, -0.1) is 0 Å². The van der Waals surface area contributed by atoms with E-state index in [0.29, 0.717) is 11.5 Å². The molecule has 0 saturated carbocycles. The van der Waals surface area contributed by atoms with Gasteiger partial charge in [0, 0.05) is 11.5 Å². The maximum atomic E-state index is 11.8. The molecule has 0 aromatic heterocycles. The molecule has 0 radical (unpaired) electrons. The van der Waals surface area contributed by atoms with Crippen LogP contribution in [0.15, 0.2) is 0 Å². The first-order valence-electron chi connectivity index (χ1n) is 10.3. The SMILES string of the molecule is CC(C)(C)CC(C)(C)OOC(=O)CCSCCC(=O)OOC(C)(C)CC(C)(C)C. The van der Waals surface area contributed by atoms with E-state index in [0.717, 1.165) is 12.8 Å².